The first-order valence-electron chi connectivity index (χ1n) is 7.34. The van der Waals surface area contributed by atoms with Crippen molar-refractivity contribution in [1.82, 2.24) is 9.88 Å². The predicted molar refractivity (Wildman–Crippen MR) is 99.6 cm³/mol. The lowest BCUT2D eigenvalue weighted by molar-refractivity contribution is 0.0526. The average Bonchev–Trinajstić information content (AvgIpc) is 2.83. The number of halogens is 2. The second kappa shape index (κ2) is 6.69. The standard InChI is InChI=1S/C16H11Br2N3O5/c1-2-26-16(25)8-3-6(17)4-9(18)12(8)21-10(22)5-7-11(13(21)19)15(24)20-14(7)23/h3-5H,2,19H2,1H3,(H,20,23,24). The van der Waals surface area contributed by atoms with Gasteiger partial charge in [-0.3, -0.25) is 24.3 Å². The van der Waals surface area contributed by atoms with Crippen LogP contribution in [0.25, 0.3) is 5.69 Å². The van der Waals surface area contributed by atoms with E-state index < -0.39 is 23.3 Å². The maximum atomic E-state index is 12.6. The van der Waals surface area contributed by atoms with Gasteiger partial charge in [0.25, 0.3) is 17.4 Å². The lowest BCUT2D eigenvalue weighted by Crippen LogP contribution is -2.26. The number of aromatic nitrogens is 1. The quantitative estimate of drug-likeness (QED) is 0.507. The highest BCUT2D eigenvalue weighted by atomic mass is 79.9. The molecule has 134 valence electrons. The van der Waals surface area contributed by atoms with Crippen LogP contribution in [-0.4, -0.2) is 29.0 Å². The molecule has 0 atom stereocenters. The third-order valence-corrected chi connectivity index (χ3v) is 4.76. The van der Waals surface area contributed by atoms with E-state index in [1.807, 2.05) is 0 Å². The SMILES string of the molecule is CCOC(=O)c1cc(Br)cc(Br)c1-n1c(N)c2c(cc1=O)C(=O)NC2=O. The molecule has 8 nitrogen and oxygen atoms in total. The molecule has 0 saturated carbocycles. The summed E-state index contributed by atoms with van der Waals surface area (Å²) in [5.41, 5.74) is 5.34. The highest BCUT2D eigenvalue weighted by molar-refractivity contribution is 9.11. The van der Waals surface area contributed by atoms with Gasteiger partial charge in [0.2, 0.25) is 0 Å². The van der Waals surface area contributed by atoms with E-state index in [1.54, 1.807) is 13.0 Å². The number of amides is 2. The van der Waals surface area contributed by atoms with Crippen LogP contribution >= 0.6 is 31.9 Å². The minimum Gasteiger partial charge on any atom is -0.462 e. The van der Waals surface area contributed by atoms with Crippen LogP contribution in [0.5, 0.6) is 0 Å². The largest absolute Gasteiger partial charge is 0.462 e. The Labute approximate surface area is 163 Å². The van der Waals surface area contributed by atoms with Crippen molar-refractivity contribution < 1.29 is 19.1 Å². The second-order valence-corrected chi connectivity index (χ2v) is 7.05. The van der Waals surface area contributed by atoms with Crippen LogP contribution in [0.3, 0.4) is 0 Å². The fourth-order valence-corrected chi connectivity index (χ4v) is 4.07. The fourth-order valence-electron chi connectivity index (χ4n) is 2.67. The summed E-state index contributed by atoms with van der Waals surface area (Å²) in [6.07, 6.45) is 0. The number of esters is 1. The molecule has 2 heterocycles. The third kappa shape index (κ3) is 2.84. The van der Waals surface area contributed by atoms with Crippen LogP contribution in [0.15, 0.2) is 31.9 Å². The first kappa shape index (κ1) is 18.3. The van der Waals surface area contributed by atoms with Crippen molar-refractivity contribution in [1.29, 1.82) is 0 Å². The van der Waals surface area contributed by atoms with E-state index in [1.165, 1.54) is 6.07 Å². The zero-order chi connectivity index (χ0) is 19.2. The number of anilines is 1. The number of nitrogen functional groups attached to an aromatic ring is 1. The Morgan fingerprint density at radius 3 is 2.54 bits per heavy atom. The predicted octanol–water partition coefficient (Wildman–Crippen LogP) is 2.01. The first-order chi connectivity index (χ1) is 12.3. The number of hydrogen-bond acceptors (Lipinski definition) is 6. The topological polar surface area (TPSA) is 120 Å². The van der Waals surface area contributed by atoms with Gasteiger partial charge >= 0.3 is 5.97 Å². The number of nitrogens with zero attached hydrogens (tertiary/aromatic N) is 1. The van der Waals surface area contributed by atoms with Crippen molar-refractivity contribution in [2.24, 2.45) is 0 Å². The number of nitrogens with one attached hydrogen (secondary N) is 1. The summed E-state index contributed by atoms with van der Waals surface area (Å²) in [4.78, 5) is 48.8. The number of nitrogens with two attached hydrogens (primary N) is 1. The second-order valence-electron chi connectivity index (χ2n) is 5.28. The fraction of sp³-hybridized carbons (Fsp3) is 0.125. The van der Waals surface area contributed by atoms with Crippen molar-refractivity contribution in [3.8, 4) is 5.69 Å². The minimum absolute atomic E-state index is 0.0616. The molecule has 10 heteroatoms. The maximum absolute atomic E-state index is 12.6. The zero-order valence-corrected chi connectivity index (χ0v) is 16.4. The lowest BCUT2D eigenvalue weighted by Gasteiger charge is -2.17. The molecule has 2 aromatic rings. The molecule has 0 bridgehead atoms. The molecule has 1 aromatic heterocycles. The average molecular weight is 485 g/mol. The van der Waals surface area contributed by atoms with E-state index >= 15 is 0 Å². The molecular formula is C16H11Br2N3O5. The van der Waals surface area contributed by atoms with Crippen LogP contribution in [0, 0.1) is 0 Å². The summed E-state index contributed by atoms with van der Waals surface area (Å²) in [6.45, 7) is 1.78. The van der Waals surface area contributed by atoms with Gasteiger partial charge in [0, 0.05) is 15.0 Å². The van der Waals surface area contributed by atoms with E-state index in [0.717, 1.165) is 10.6 Å². The van der Waals surface area contributed by atoms with Gasteiger partial charge in [-0.2, -0.15) is 0 Å². The molecular weight excluding hydrogens is 474 g/mol. The van der Waals surface area contributed by atoms with Gasteiger partial charge < -0.3 is 10.5 Å². The van der Waals surface area contributed by atoms with Crippen LogP contribution in [-0.2, 0) is 4.74 Å². The van der Waals surface area contributed by atoms with Crippen LogP contribution in [0.4, 0.5) is 5.82 Å². The van der Waals surface area contributed by atoms with Crippen molar-refractivity contribution >= 4 is 55.5 Å². The van der Waals surface area contributed by atoms with Gasteiger partial charge in [0.05, 0.1) is 29.0 Å². The van der Waals surface area contributed by atoms with Gasteiger partial charge in [-0.15, -0.1) is 0 Å². The normalized spacial score (nSPS) is 12.7. The molecule has 0 aliphatic carbocycles. The van der Waals surface area contributed by atoms with Gasteiger partial charge in [0.15, 0.2) is 0 Å². The number of pyridine rings is 1. The van der Waals surface area contributed by atoms with Crippen LogP contribution in [0.2, 0.25) is 0 Å². The molecule has 0 fully saturated rings. The van der Waals surface area contributed by atoms with Crippen molar-refractivity contribution in [2.75, 3.05) is 12.3 Å². The van der Waals surface area contributed by atoms with Gasteiger partial charge in [0.1, 0.15) is 5.82 Å². The number of ether oxygens (including phenoxy) is 1. The number of benzene rings is 1. The minimum atomic E-state index is -0.706. The Kier molecular flexibility index (Phi) is 4.72. The Bertz CT molecular complexity index is 1050. The number of rotatable bonds is 3. The summed E-state index contributed by atoms with van der Waals surface area (Å²) in [5, 5.41) is 2.09. The third-order valence-electron chi connectivity index (χ3n) is 3.70. The molecule has 2 amide bonds. The lowest BCUT2D eigenvalue weighted by atomic mass is 10.1. The molecule has 3 N–H and O–H groups in total. The van der Waals surface area contributed by atoms with E-state index in [4.69, 9.17) is 10.5 Å². The summed E-state index contributed by atoms with van der Waals surface area (Å²) >= 11 is 6.59. The van der Waals surface area contributed by atoms with Crippen molar-refractivity contribution in [3.05, 3.63) is 54.2 Å². The number of fused-ring (bicyclic) bond motifs is 1. The van der Waals surface area contributed by atoms with E-state index in [0.29, 0.717) is 8.95 Å². The first-order valence-corrected chi connectivity index (χ1v) is 8.92. The highest BCUT2D eigenvalue weighted by Crippen LogP contribution is 2.32. The van der Waals surface area contributed by atoms with E-state index in [9.17, 15) is 19.2 Å². The van der Waals surface area contributed by atoms with Crippen molar-refractivity contribution in [2.45, 2.75) is 6.92 Å². The Balaban J connectivity index is 2.38. The molecule has 1 aliphatic heterocycles. The number of carbonyl (C=O) groups excluding carboxylic acids is 3. The van der Waals surface area contributed by atoms with Crippen LogP contribution < -0.4 is 16.6 Å². The summed E-state index contributed by atoms with van der Waals surface area (Å²) < 4.78 is 6.98. The smallest absolute Gasteiger partial charge is 0.340 e. The molecule has 3 rings (SSSR count). The Morgan fingerprint density at radius 1 is 1.19 bits per heavy atom. The van der Waals surface area contributed by atoms with Crippen LogP contribution in [0.1, 0.15) is 38.0 Å². The molecule has 0 spiro atoms. The van der Waals surface area contributed by atoms with E-state index in [2.05, 4.69) is 37.2 Å². The van der Waals surface area contributed by atoms with Gasteiger partial charge in [-0.1, -0.05) is 15.9 Å². The molecule has 0 unspecified atom stereocenters. The number of imide groups is 1. The Morgan fingerprint density at radius 2 is 1.88 bits per heavy atom. The van der Waals surface area contributed by atoms with Gasteiger partial charge in [-0.05, 0) is 35.0 Å². The Hall–Kier alpha value is -2.46. The monoisotopic (exact) mass is 483 g/mol. The number of carbonyl (C=O) groups is 3. The summed E-state index contributed by atoms with van der Waals surface area (Å²) in [7, 11) is 0. The zero-order valence-electron chi connectivity index (χ0n) is 13.3. The molecule has 0 radical (unpaired) electrons. The molecule has 0 saturated heterocycles. The van der Waals surface area contributed by atoms with Crippen molar-refractivity contribution in [3.63, 3.8) is 0 Å². The molecule has 1 aliphatic rings. The molecule has 26 heavy (non-hydrogen) atoms. The summed E-state index contributed by atoms with van der Waals surface area (Å²) in [6, 6.07) is 4.10. The highest BCUT2D eigenvalue weighted by Gasteiger charge is 2.33. The number of hydrogen-bond donors (Lipinski definition) is 2. The summed E-state index contributed by atoms with van der Waals surface area (Å²) in [5.74, 6) is -2.31. The van der Waals surface area contributed by atoms with Gasteiger partial charge in [-0.25, -0.2) is 4.79 Å². The maximum Gasteiger partial charge on any atom is 0.340 e. The molecule has 1 aromatic carbocycles. The van der Waals surface area contributed by atoms with E-state index in [-0.39, 0.29) is 34.8 Å².